The summed E-state index contributed by atoms with van der Waals surface area (Å²) >= 11 is 0. The van der Waals surface area contributed by atoms with E-state index in [1.165, 1.54) is 4.57 Å². The molecule has 0 saturated carbocycles. The zero-order valence-electron chi connectivity index (χ0n) is 10.2. The molecule has 1 heterocycles. The van der Waals surface area contributed by atoms with E-state index in [1.807, 2.05) is 0 Å². The second-order valence-electron chi connectivity index (χ2n) is 4.07. The van der Waals surface area contributed by atoms with Crippen LogP contribution in [0.15, 0.2) is 0 Å². The van der Waals surface area contributed by atoms with Crippen molar-refractivity contribution in [1.29, 1.82) is 0 Å². The Morgan fingerprint density at radius 2 is 2.05 bits per heavy atom. The van der Waals surface area contributed by atoms with E-state index in [9.17, 15) is 18.0 Å². The topological polar surface area (TPSA) is 88.2 Å². The molecule has 0 spiro atoms. The second kappa shape index (κ2) is 6.00. The maximum absolute atomic E-state index is 12.1. The molecule has 9 heteroatoms. The van der Waals surface area contributed by atoms with Crippen LogP contribution in [-0.4, -0.2) is 43.2 Å². The highest BCUT2D eigenvalue weighted by Gasteiger charge is 2.28. The van der Waals surface area contributed by atoms with Crippen molar-refractivity contribution < 1.29 is 28.2 Å². The summed E-state index contributed by atoms with van der Waals surface area (Å²) in [6.45, 7) is 1.61. The van der Waals surface area contributed by atoms with Crippen molar-refractivity contribution in [2.45, 2.75) is 45.0 Å². The third kappa shape index (κ3) is 4.86. The fourth-order valence-electron chi connectivity index (χ4n) is 1.53. The summed E-state index contributed by atoms with van der Waals surface area (Å²) < 4.78 is 37.8. The van der Waals surface area contributed by atoms with Gasteiger partial charge >= 0.3 is 12.1 Å². The van der Waals surface area contributed by atoms with E-state index in [-0.39, 0.29) is 25.2 Å². The van der Waals surface area contributed by atoms with Gasteiger partial charge in [0, 0.05) is 19.4 Å². The number of aryl methyl sites for hydroxylation is 2. The molecule has 1 rings (SSSR count). The third-order valence-corrected chi connectivity index (χ3v) is 2.56. The molecular weight excluding hydrogens is 267 g/mol. The largest absolute Gasteiger partial charge is 0.479 e. The first-order valence-corrected chi connectivity index (χ1v) is 5.57. The standard InChI is InChI=1S/C10H14F3N3O3/c1-6-14-15-8(2-4-10(11,12)13)16(6)5-3-7(17)9(18)19/h7,17H,2-5H2,1H3,(H,18,19). The van der Waals surface area contributed by atoms with Crippen LogP contribution in [-0.2, 0) is 17.8 Å². The van der Waals surface area contributed by atoms with Gasteiger partial charge in [-0.05, 0) is 6.92 Å². The zero-order chi connectivity index (χ0) is 14.6. The Bertz CT molecular complexity index is 445. The van der Waals surface area contributed by atoms with Crippen LogP contribution < -0.4 is 0 Å². The molecule has 0 aliphatic rings. The van der Waals surface area contributed by atoms with Crippen molar-refractivity contribution in [3.05, 3.63) is 11.6 Å². The molecule has 1 unspecified atom stereocenters. The fraction of sp³-hybridized carbons (Fsp3) is 0.700. The van der Waals surface area contributed by atoms with E-state index < -0.39 is 24.7 Å². The Hall–Kier alpha value is -1.64. The molecule has 6 nitrogen and oxygen atoms in total. The molecule has 0 amide bonds. The van der Waals surface area contributed by atoms with E-state index in [2.05, 4.69) is 10.2 Å². The Balaban J connectivity index is 2.67. The van der Waals surface area contributed by atoms with Crippen LogP contribution >= 0.6 is 0 Å². The fourth-order valence-corrected chi connectivity index (χ4v) is 1.53. The molecule has 0 saturated heterocycles. The number of carboxylic acids is 1. The quantitative estimate of drug-likeness (QED) is 0.809. The minimum atomic E-state index is -4.29. The van der Waals surface area contributed by atoms with Gasteiger partial charge in [-0.2, -0.15) is 13.2 Å². The van der Waals surface area contributed by atoms with Gasteiger partial charge in [0.15, 0.2) is 6.10 Å². The number of aliphatic hydroxyl groups is 1. The van der Waals surface area contributed by atoms with Crippen LogP contribution in [0.3, 0.4) is 0 Å². The highest BCUT2D eigenvalue weighted by atomic mass is 19.4. The Labute approximate surface area is 106 Å². The summed E-state index contributed by atoms with van der Waals surface area (Å²) in [7, 11) is 0. The number of carbonyl (C=O) groups is 1. The van der Waals surface area contributed by atoms with Crippen LogP contribution in [0.4, 0.5) is 13.2 Å². The van der Waals surface area contributed by atoms with Crippen LogP contribution in [0.5, 0.6) is 0 Å². The van der Waals surface area contributed by atoms with Crippen molar-refractivity contribution in [3.8, 4) is 0 Å². The first-order valence-electron chi connectivity index (χ1n) is 5.57. The van der Waals surface area contributed by atoms with Crippen LogP contribution in [0.1, 0.15) is 24.5 Å². The Kier molecular flexibility index (Phi) is 4.87. The van der Waals surface area contributed by atoms with E-state index in [1.54, 1.807) is 6.92 Å². The maximum atomic E-state index is 12.1. The summed E-state index contributed by atoms with van der Waals surface area (Å²) in [5.74, 6) is -0.857. The first kappa shape index (κ1) is 15.4. The van der Waals surface area contributed by atoms with Gasteiger partial charge in [0.1, 0.15) is 11.6 Å². The van der Waals surface area contributed by atoms with Crippen LogP contribution in [0, 0.1) is 6.92 Å². The highest BCUT2D eigenvalue weighted by molar-refractivity contribution is 5.71. The highest BCUT2D eigenvalue weighted by Crippen LogP contribution is 2.21. The van der Waals surface area contributed by atoms with Gasteiger partial charge in [0.2, 0.25) is 0 Å². The Morgan fingerprint density at radius 1 is 1.42 bits per heavy atom. The SMILES string of the molecule is Cc1nnc(CCC(F)(F)F)n1CCC(O)C(=O)O. The van der Waals surface area contributed by atoms with Crippen molar-refractivity contribution >= 4 is 5.97 Å². The minimum Gasteiger partial charge on any atom is -0.479 e. The summed E-state index contributed by atoms with van der Waals surface area (Å²) in [6.07, 6.45) is -7.31. The van der Waals surface area contributed by atoms with Gasteiger partial charge in [-0.25, -0.2) is 4.79 Å². The molecule has 0 bridgehead atoms. The molecule has 2 N–H and O–H groups in total. The molecule has 1 aromatic rings. The van der Waals surface area contributed by atoms with Crippen molar-refractivity contribution in [3.63, 3.8) is 0 Å². The van der Waals surface area contributed by atoms with Gasteiger partial charge in [0.05, 0.1) is 6.42 Å². The molecule has 1 aromatic heterocycles. The summed E-state index contributed by atoms with van der Waals surface area (Å²) in [4.78, 5) is 10.4. The summed E-state index contributed by atoms with van der Waals surface area (Å²) in [5.41, 5.74) is 0. The number of rotatable bonds is 6. The number of aliphatic carboxylic acids is 1. The molecular formula is C10H14F3N3O3. The van der Waals surface area contributed by atoms with Gasteiger partial charge in [0.25, 0.3) is 0 Å². The molecule has 0 aromatic carbocycles. The number of carboxylic acid groups (broad SMARTS) is 1. The molecule has 19 heavy (non-hydrogen) atoms. The van der Waals surface area contributed by atoms with Crippen LogP contribution in [0.25, 0.3) is 0 Å². The average molecular weight is 281 g/mol. The van der Waals surface area contributed by atoms with E-state index in [0.29, 0.717) is 5.82 Å². The lowest BCUT2D eigenvalue weighted by atomic mass is 10.2. The number of halogens is 3. The third-order valence-electron chi connectivity index (χ3n) is 2.56. The second-order valence-corrected chi connectivity index (χ2v) is 4.07. The number of aliphatic hydroxyl groups excluding tert-OH is 1. The number of aromatic nitrogens is 3. The zero-order valence-corrected chi connectivity index (χ0v) is 10.2. The lowest BCUT2D eigenvalue weighted by Gasteiger charge is -2.11. The van der Waals surface area contributed by atoms with Gasteiger partial charge in [-0.15, -0.1) is 10.2 Å². The molecule has 108 valence electrons. The van der Waals surface area contributed by atoms with Crippen LogP contribution in [0.2, 0.25) is 0 Å². The predicted octanol–water partition coefficient (Wildman–Crippen LogP) is 0.917. The van der Waals surface area contributed by atoms with Crippen molar-refractivity contribution in [2.24, 2.45) is 0 Å². The van der Waals surface area contributed by atoms with Gasteiger partial charge in [-0.1, -0.05) is 0 Å². The van der Waals surface area contributed by atoms with Gasteiger partial charge in [-0.3, -0.25) is 0 Å². The number of nitrogens with zero attached hydrogens (tertiary/aromatic N) is 3. The van der Waals surface area contributed by atoms with Crippen molar-refractivity contribution in [2.75, 3.05) is 0 Å². The molecule has 0 radical (unpaired) electrons. The molecule has 1 atom stereocenters. The van der Waals surface area contributed by atoms with E-state index in [4.69, 9.17) is 10.2 Å². The molecule has 0 aliphatic carbocycles. The lowest BCUT2D eigenvalue weighted by Crippen LogP contribution is -2.22. The Morgan fingerprint density at radius 3 is 2.58 bits per heavy atom. The predicted molar refractivity (Wildman–Crippen MR) is 57.4 cm³/mol. The van der Waals surface area contributed by atoms with E-state index >= 15 is 0 Å². The van der Waals surface area contributed by atoms with Crippen molar-refractivity contribution in [1.82, 2.24) is 14.8 Å². The number of hydrogen-bond donors (Lipinski definition) is 2. The number of hydrogen-bond acceptors (Lipinski definition) is 4. The number of alkyl halides is 3. The smallest absolute Gasteiger partial charge is 0.389 e. The van der Waals surface area contributed by atoms with E-state index in [0.717, 1.165) is 0 Å². The minimum absolute atomic E-state index is 0.0551. The first-order chi connectivity index (χ1) is 8.70. The summed E-state index contributed by atoms with van der Waals surface area (Å²) in [5, 5.41) is 24.9. The molecule has 0 aliphatic heterocycles. The molecule has 0 fully saturated rings. The lowest BCUT2D eigenvalue weighted by molar-refractivity contribution is -0.147. The summed E-state index contributed by atoms with van der Waals surface area (Å²) in [6, 6.07) is 0. The monoisotopic (exact) mass is 281 g/mol. The van der Waals surface area contributed by atoms with Gasteiger partial charge < -0.3 is 14.8 Å². The maximum Gasteiger partial charge on any atom is 0.389 e. The average Bonchev–Trinajstić information content (AvgIpc) is 2.63. The normalized spacial score (nSPS) is 13.5.